The summed E-state index contributed by atoms with van der Waals surface area (Å²) in [7, 11) is -2.23. The Morgan fingerprint density at radius 3 is 2.53 bits per heavy atom. The largest absolute Gasteiger partial charge is 0.472 e. The number of likely N-dealkylation sites (N-methyl/N-ethyl adjacent to an activating group) is 1. The van der Waals surface area contributed by atoms with Crippen LogP contribution in [0.5, 0.6) is 5.88 Å². The number of benzene rings is 1. The summed E-state index contributed by atoms with van der Waals surface area (Å²) in [6.45, 7) is 3.80. The molecule has 3 atom stereocenters. The van der Waals surface area contributed by atoms with Gasteiger partial charge in [0.15, 0.2) is 0 Å². The molecule has 2 aromatic heterocycles. The fourth-order valence-corrected chi connectivity index (χ4v) is 5.35. The summed E-state index contributed by atoms with van der Waals surface area (Å²) >= 11 is 0. The summed E-state index contributed by atoms with van der Waals surface area (Å²) in [4.78, 5) is 23.9. The van der Waals surface area contributed by atoms with Crippen LogP contribution in [0.4, 0.5) is 0 Å². The Bertz CT molecular complexity index is 1300. The summed E-state index contributed by atoms with van der Waals surface area (Å²) in [5.74, 6) is -0.410. The maximum Gasteiger partial charge on any atom is 0.259 e. The summed E-state index contributed by atoms with van der Waals surface area (Å²) in [5, 5.41) is 9.84. The zero-order valence-electron chi connectivity index (χ0n) is 20.5. The lowest BCUT2D eigenvalue weighted by Gasteiger charge is -2.37. The predicted octanol–water partition coefficient (Wildman–Crippen LogP) is 2.68. The minimum absolute atomic E-state index is 0.0567. The number of pyridine rings is 2. The molecule has 190 valence electrons. The lowest BCUT2D eigenvalue weighted by atomic mass is 9.99. The van der Waals surface area contributed by atoms with Gasteiger partial charge in [0.2, 0.25) is 15.9 Å². The number of aromatic nitrogens is 2. The topological polar surface area (TPSA) is 113 Å². The van der Waals surface area contributed by atoms with E-state index in [1.807, 2.05) is 19.1 Å². The first kappa shape index (κ1) is 25.7. The minimum Gasteiger partial charge on any atom is -0.472 e. The Morgan fingerprint density at radius 1 is 1.17 bits per heavy atom. The molecule has 1 amide bonds. The number of amides is 1. The van der Waals surface area contributed by atoms with E-state index in [0.717, 1.165) is 11.1 Å². The normalized spacial score (nSPS) is 19.2. The number of hydrogen-bond acceptors (Lipinski definition) is 7. The first-order valence-corrected chi connectivity index (χ1v) is 13.2. The molecule has 0 spiro atoms. The highest BCUT2D eigenvalue weighted by Crippen LogP contribution is 2.30. The monoisotopic (exact) mass is 510 g/mol. The SMILES string of the molecule is C[C@H]1CN([C@@H](C)CO)C(=O)c2cc(-c3ccncc3)cnc2O[C@@H]1CN(C)S(=O)(=O)c1ccccc1. The lowest BCUT2D eigenvalue weighted by Crippen LogP contribution is -2.50. The van der Waals surface area contributed by atoms with Gasteiger partial charge in [0, 0.05) is 43.7 Å². The van der Waals surface area contributed by atoms with Crippen LogP contribution in [0.15, 0.2) is 72.0 Å². The second-order valence-corrected chi connectivity index (χ2v) is 11.1. The second-order valence-electron chi connectivity index (χ2n) is 9.03. The van der Waals surface area contributed by atoms with Crippen molar-refractivity contribution in [3.8, 4) is 17.0 Å². The number of carbonyl (C=O) groups is 1. The van der Waals surface area contributed by atoms with Crippen molar-refractivity contribution in [2.75, 3.05) is 26.7 Å². The molecule has 0 unspecified atom stereocenters. The average Bonchev–Trinajstić information content (AvgIpc) is 2.90. The first-order chi connectivity index (χ1) is 17.2. The first-order valence-electron chi connectivity index (χ1n) is 11.7. The van der Waals surface area contributed by atoms with E-state index in [-0.39, 0.29) is 47.9 Å². The molecule has 0 radical (unpaired) electrons. The molecule has 3 aromatic rings. The number of fused-ring (bicyclic) bond motifs is 1. The number of rotatable bonds is 7. The zero-order valence-corrected chi connectivity index (χ0v) is 21.3. The van der Waals surface area contributed by atoms with Gasteiger partial charge in [0.05, 0.1) is 24.1 Å². The molecule has 4 rings (SSSR count). The van der Waals surface area contributed by atoms with E-state index >= 15 is 0 Å². The molecule has 9 nitrogen and oxygen atoms in total. The predicted molar refractivity (Wildman–Crippen MR) is 135 cm³/mol. The van der Waals surface area contributed by atoms with Crippen molar-refractivity contribution in [1.82, 2.24) is 19.2 Å². The van der Waals surface area contributed by atoms with Crippen LogP contribution in [0.2, 0.25) is 0 Å². The van der Waals surface area contributed by atoms with E-state index in [4.69, 9.17) is 4.74 Å². The molecular formula is C26H30N4O5S. The third-order valence-electron chi connectivity index (χ3n) is 6.42. The van der Waals surface area contributed by atoms with Crippen LogP contribution in [-0.4, -0.2) is 77.5 Å². The Morgan fingerprint density at radius 2 is 1.86 bits per heavy atom. The van der Waals surface area contributed by atoms with Crippen LogP contribution in [-0.2, 0) is 10.0 Å². The number of sulfonamides is 1. The van der Waals surface area contributed by atoms with Gasteiger partial charge in [-0.3, -0.25) is 9.78 Å². The van der Waals surface area contributed by atoms with Crippen LogP contribution in [0, 0.1) is 5.92 Å². The van der Waals surface area contributed by atoms with Gasteiger partial charge in [0.25, 0.3) is 5.91 Å². The second kappa shape index (κ2) is 10.7. The van der Waals surface area contributed by atoms with Crippen molar-refractivity contribution < 1.29 is 23.1 Å². The highest BCUT2D eigenvalue weighted by molar-refractivity contribution is 7.89. The Labute approximate surface area is 211 Å². The van der Waals surface area contributed by atoms with Gasteiger partial charge in [-0.25, -0.2) is 13.4 Å². The Balaban J connectivity index is 1.71. The highest BCUT2D eigenvalue weighted by Gasteiger charge is 2.36. The molecule has 10 heteroatoms. The Hall–Kier alpha value is -3.34. The van der Waals surface area contributed by atoms with Crippen molar-refractivity contribution in [3.05, 3.63) is 72.7 Å². The fourth-order valence-electron chi connectivity index (χ4n) is 4.15. The number of aliphatic hydroxyl groups excluding tert-OH is 1. The van der Waals surface area contributed by atoms with E-state index in [2.05, 4.69) is 9.97 Å². The van der Waals surface area contributed by atoms with Crippen LogP contribution < -0.4 is 4.74 Å². The molecule has 1 aromatic carbocycles. The summed E-state index contributed by atoms with van der Waals surface area (Å²) < 4.78 is 33.8. The average molecular weight is 511 g/mol. The molecule has 0 bridgehead atoms. The maximum atomic E-state index is 13.6. The van der Waals surface area contributed by atoms with Gasteiger partial charge in [-0.2, -0.15) is 4.31 Å². The third kappa shape index (κ3) is 5.25. The van der Waals surface area contributed by atoms with E-state index in [9.17, 15) is 18.3 Å². The van der Waals surface area contributed by atoms with Crippen LogP contribution in [0.25, 0.3) is 11.1 Å². The van der Waals surface area contributed by atoms with Crippen molar-refractivity contribution in [1.29, 1.82) is 0 Å². The quantitative estimate of drug-likeness (QED) is 0.520. The fraction of sp³-hybridized carbons (Fsp3) is 0.346. The van der Waals surface area contributed by atoms with Gasteiger partial charge in [-0.05, 0) is 42.8 Å². The lowest BCUT2D eigenvalue weighted by molar-refractivity contribution is 0.0373. The summed E-state index contributed by atoms with van der Waals surface area (Å²) in [6, 6.07) is 13.1. The number of carbonyl (C=O) groups excluding carboxylic acids is 1. The Kier molecular flexibility index (Phi) is 7.67. The summed E-state index contributed by atoms with van der Waals surface area (Å²) in [6.07, 6.45) is 4.35. The number of ether oxygens (including phenoxy) is 1. The van der Waals surface area contributed by atoms with Gasteiger partial charge in [0.1, 0.15) is 11.7 Å². The van der Waals surface area contributed by atoms with Gasteiger partial charge in [-0.15, -0.1) is 0 Å². The van der Waals surface area contributed by atoms with Crippen molar-refractivity contribution in [2.24, 2.45) is 5.92 Å². The standard InChI is InChI=1S/C26H30N4O5S/c1-18-15-30(19(2)17-31)26(32)23-13-21(20-9-11-27-12-10-20)14-28-25(23)35-24(18)16-29(3)36(33,34)22-7-5-4-6-8-22/h4-14,18-19,24,31H,15-17H2,1-3H3/t18-,19-,24+/m0/s1. The van der Waals surface area contributed by atoms with Gasteiger partial charge in [-0.1, -0.05) is 25.1 Å². The van der Waals surface area contributed by atoms with Crippen LogP contribution in [0.1, 0.15) is 24.2 Å². The molecule has 1 N–H and O–H groups in total. The molecule has 0 aliphatic carbocycles. The van der Waals surface area contributed by atoms with Crippen molar-refractivity contribution in [3.63, 3.8) is 0 Å². The minimum atomic E-state index is -3.74. The third-order valence-corrected chi connectivity index (χ3v) is 8.26. The zero-order chi connectivity index (χ0) is 25.9. The molecule has 0 saturated heterocycles. The molecule has 1 aliphatic heterocycles. The van der Waals surface area contributed by atoms with Gasteiger partial charge >= 0.3 is 0 Å². The van der Waals surface area contributed by atoms with Crippen LogP contribution >= 0.6 is 0 Å². The number of nitrogens with zero attached hydrogens (tertiary/aromatic N) is 4. The molecular weight excluding hydrogens is 480 g/mol. The molecule has 0 fully saturated rings. The number of aliphatic hydroxyl groups is 1. The van der Waals surface area contributed by atoms with E-state index in [1.54, 1.807) is 66.8 Å². The van der Waals surface area contributed by atoms with Gasteiger partial charge < -0.3 is 14.7 Å². The summed E-state index contributed by atoms with van der Waals surface area (Å²) in [5.41, 5.74) is 1.82. The van der Waals surface area contributed by atoms with E-state index < -0.39 is 22.2 Å². The highest BCUT2D eigenvalue weighted by atomic mass is 32.2. The molecule has 36 heavy (non-hydrogen) atoms. The van der Waals surface area contributed by atoms with E-state index in [0.29, 0.717) is 0 Å². The molecule has 1 aliphatic rings. The number of hydrogen-bond donors (Lipinski definition) is 1. The molecule has 0 saturated carbocycles. The van der Waals surface area contributed by atoms with E-state index in [1.165, 1.54) is 11.4 Å². The molecule has 3 heterocycles. The van der Waals surface area contributed by atoms with Crippen LogP contribution in [0.3, 0.4) is 0 Å². The maximum absolute atomic E-state index is 13.6. The van der Waals surface area contributed by atoms with Crippen molar-refractivity contribution in [2.45, 2.75) is 30.9 Å². The van der Waals surface area contributed by atoms with Crippen molar-refractivity contribution >= 4 is 15.9 Å². The smallest absolute Gasteiger partial charge is 0.259 e.